The molecule has 0 aliphatic carbocycles. The normalized spacial score (nSPS) is 12.1. The first-order valence-electron chi connectivity index (χ1n) is 25.3. The molecule has 0 atom stereocenters. The molecule has 0 saturated carbocycles. The smallest absolute Gasteiger partial charge is 0.197 e. The van der Waals surface area contributed by atoms with Crippen LogP contribution >= 0.6 is 0 Å². The van der Waals surface area contributed by atoms with Gasteiger partial charge in [0.15, 0.2) is 10.9 Å². The van der Waals surface area contributed by atoms with E-state index in [1.54, 1.807) is 6.07 Å². The summed E-state index contributed by atoms with van der Waals surface area (Å²) in [5.41, 5.74) is 16.3. The number of nitrogens with zero attached hydrogens (tertiary/aromatic N) is 4. The standard InChI is InChI=1S/C53H50N3O2.C13H11FN.Ir/c1-30(2)37-14-13-15-38(31(3)4)47(37)56-44-17-12-11-16-43(44)54-51(56)33-20-18-32(19-21-33)34-26-41-48-42(27-34)50(58)40-25-23-36(53(8,9)10)29-46(40)55(48)45-28-35(52(5,6)7)22-24-39(45)49(41)57;1-9-7-13(15-8-10(9)2)11-3-5-12(14)6-4-11;/h11-20,22-31H,1-10H3;3,5-8H,1-2H3;/q2*-1;. The number of halogens is 1. The van der Waals surface area contributed by atoms with Crippen LogP contribution in [0.25, 0.3) is 88.6 Å². The summed E-state index contributed by atoms with van der Waals surface area (Å²) in [7, 11) is 0. The maximum absolute atomic E-state index is 14.6. The first-order chi connectivity index (χ1) is 34.7. The Hall–Kier alpha value is -7.12. The summed E-state index contributed by atoms with van der Waals surface area (Å²) in [5, 5.41) is 2.32. The van der Waals surface area contributed by atoms with Gasteiger partial charge in [-0.05, 0) is 106 Å². The molecule has 0 aliphatic rings. The Morgan fingerprint density at radius 1 is 0.568 bits per heavy atom. The zero-order chi connectivity index (χ0) is 51.8. The Morgan fingerprint density at radius 2 is 1.14 bits per heavy atom. The molecular formula is C66H61FIrN4O2-2. The van der Waals surface area contributed by atoms with Gasteiger partial charge in [0, 0.05) is 59.4 Å². The molecule has 0 unspecified atom stereocenters. The molecule has 8 heteroatoms. The van der Waals surface area contributed by atoms with E-state index in [-0.39, 0.29) is 47.6 Å². The summed E-state index contributed by atoms with van der Waals surface area (Å²) < 4.78 is 17.2. The Balaban J connectivity index is 0.000000360. The minimum absolute atomic E-state index is 0. The first kappa shape index (κ1) is 51.8. The number of para-hydroxylation sites is 3. The van der Waals surface area contributed by atoms with Crippen molar-refractivity contribution in [3.05, 3.63) is 211 Å². The van der Waals surface area contributed by atoms with E-state index >= 15 is 0 Å². The average molecular weight is 1150 g/mol. The number of fused-ring (bicyclic) bond motifs is 5. The predicted molar refractivity (Wildman–Crippen MR) is 301 cm³/mol. The Labute approximate surface area is 446 Å². The number of aryl methyl sites for hydroxylation is 2. The van der Waals surface area contributed by atoms with E-state index in [0.29, 0.717) is 38.9 Å². The molecule has 0 spiro atoms. The van der Waals surface area contributed by atoms with Crippen LogP contribution in [0.5, 0.6) is 0 Å². The third-order valence-electron chi connectivity index (χ3n) is 14.5. The summed E-state index contributed by atoms with van der Waals surface area (Å²) in [6, 6.07) is 50.2. The molecular weight excluding hydrogens is 1090 g/mol. The molecule has 0 saturated heterocycles. The largest absolute Gasteiger partial charge is 0.333 e. The van der Waals surface area contributed by atoms with E-state index < -0.39 is 0 Å². The minimum atomic E-state index is -0.275. The number of benzene rings is 7. The van der Waals surface area contributed by atoms with Crippen LogP contribution in [0.4, 0.5) is 4.39 Å². The van der Waals surface area contributed by atoms with Crippen LogP contribution in [0.2, 0.25) is 0 Å². The topological polar surface area (TPSA) is 69.3 Å². The fourth-order valence-corrected chi connectivity index (χ4v) is 10.1. The van der Waals surface area contributed by atoms with Gasteiger partial charge < -0.3 is 14.0 Å². The summed E-state index contributed by atoms with van der Waals surface area (Å²) >= 11 is 0. The molecule has 4 aromatic heterocycles. The van der Waals surface area contributed by atoms with Crippen LogP contribution in [-0.2, 0) is 30.9 Å². The number of hydrogen-bond acceptors (Lipinski definition) is 4. The van der Waals surface area contributed by atoms with E-state index in [1.807, 2.05) is 62.5 Å². The zero-order valence-corrected chi connectivity index (χ0v) is 46.6. The molecule has 0 fully saturated rings. The molecule has 0 aliphatic heterocycles. The second kappa shape index (κ2) is 19.6. The average Bonchev–Trinajstić information content (AvgIpc) is 3.75. The summed E-state index contributed by atoms with van der Waals surface area (Å²) in [6.07, 6.45) is 1.82. The van der Waals surface area contributed by atoms with Crippen LogP contribution in [0.15, 0.2) is 149 Å². The maximum Gasteiger partial charge on any atom is 0.197 e. The Kier molecular flexibility index (Phi) is 13.7. The van der Waals surface area contributed by atoms with E-state index in [1.165, 1.54) is 34.5 Å². The van der Waals surface area contributed by atoms with Crippen LogP contribution in [-0.4, -0.2) is 18.9 Å². The SMILES string of the molecule is CC(C)c1cccc(C(C)C)c1-n1c(-c2[c-]cc(-c3cc4c(=O)c5ccc(C(C)(C)C)cc5n5c6cc(C(C)(C)C)ccc6c(=O)c(c3)c45)cc2)nc2ccccc21.Cc1cnc(-c2[c-]cc(F)cc2)cc1C.[Ir]. The molecule has 6 nitrogen and oxygen atoms in total. The van der Waals surface area contributed by atoms with Gasteiger partial charge in [-0.3, -0.25) is 19.0 Å². The van der Waals surface area contributed by atoms with Crippen molar-refractivity contribution >= 4 is 49.1 Å². The van der Waals surface area contributed by atoms with Crippen molar-refractivity contribution in [3.63, 3.8) is 0 Å². The van der Waals surface area contributed by atoms with Gasteiger partial charge in [0.25, 0.3) is 0 Å². The van der Waals surface area contributed by atoms with Gasteiger partial charge in [-0.1, -0.05) is 147 Å². The molecule has 11 rings (SSSR count). The fourth-order valence-electron chi connectivity index (χ4n) is 10.1. The van der Waals surface area contributed by atoms with Crippen molar-refractivity contribution in [2.24, 2.45) is 0 Å². The Bertz CT molecular complexity index is 3920. The predicted octanol–water partition coefficient (Wildman–Crippen LogP) is 16.2. The number of rotatable bonds is 6. The molecule has 0 amide bonds. The van der Waals surface area contributed by atoms with Gasteiger partial charge in [0.05, 0.1) is 33.4 Å². The number of imidazole rings is 1. The zero-order valence-electron chi connectivity index (χ0n) is 44.3. The van der Waals surface area contributed by atoms with Crippen molar-refractivity contribution in [1.82, 2.24) is 18.9 Å². The van der Waals surface area contributed by atoms with E-state index in [9.17, 15) is 14.0 Å². The maximum atomic E-state index is 14.6. The van der Waals surface area contributed by atoms with Gasteiger partial charge in [0.2, 0.25) is 0 Å². The molecule has 375 valence electrons. The van der Waals surface area contributed by atoms with E-state index in [0.717, 1.165) is 72.5 Å². The van der Waals surface area contributed by atoms with Gasteiger partial charge in [-0.2, -0.15) is 0 Å². The number of aromatic nitrogens is 4. The molecule has 0 bridgehead atoms. The van der Waals surface area contributed by atoms with Gasteiger partial charge in [-0.25, -0.2) is 0 Å². The summed E-state index contributed by atoms with van der Waals surface area (Å²) in [6.45, 7) is 26.1. The van der Waals surface area contributed by atoms with Gasteiger partial charge in [0.1, 0.15) is 0 Å². The minimum Gasteiger partial charge on any atom is -0.333 e. The van der Waals surface area contributed by atoms with Gasteiger partial charge >= 0.3 is 0 Å². The molecule has 11 aromatic rings. The van der Waals surface area contributed by atoms with Crippen molar-refractivity contribution in [3.8, 4) is 39.5 Å². The second-order valence-corrected chi connectivity index (χ2v) is 22.3. The van der Waals surface area contributed by atoms with Crippen LogP contribution in [0, 0.1) is 31.8 Å². The number of hydrogen-bond donors (Lipinski definition) is 0. The third-order valence-corrected chi connectivity index (χ3v) is 14.5. The van der Waals surface area contributed by atoms with E-state index in [2.05, 4.69) is 168 Å². The quantitative estimate of drug-likeness (QED) is 0.0945. The molecule has 4 heterocycles. The van der Waals surface area contributed by atoms with Crippen LogP contribution in [0.3, 0.4) is 0 Å². The second-order valence-electron chi connectivity index (χ2n) is 22.3. The summed E-state index contributed by atoms with van der Waals surface area (Å²) in [4.78, 5) is 38.7. The van der Waals surface area contributed by atoms with Crippen molar-refractivity contribution in [2.75, 3.05) is 0 Å². The summed E-state index contributed by atoms with van der Waals surface area (Å²) in [5.74, 6) is 1.16. The first-order valence-corrected chi connectivity index (χ1v) is 25.3. The Morgan fingerprint density at radius 3 is 1.65 bits per heavy atom. The van der Waals surface area contributed by atoms with Gasteiger partial charge in [-0.15, -0.1) is 59.7 Å². The van der Waals surface area contributed by atoms with Crippen molar-refractivity contribution in [1.29, 1.82) is 0 Å². The third kappa shape index (κ3) is 9.28. The molecule has 74 heavy (non-hydrogen) atoms. The number of pyridine rings is 3. The molecule has 1 radical (unpaired) electrons. The van der Waals surface area contributed by atoms with Crippen molar-refractivity contribution < 1.29 is 24.5 Å². The molecule has 0 N–H and O–H groups in total. The monoisotopic (exact) mass is 1150 g/mol. The molecule has 7 aromatic carbocycles. The van der Waals surface area contributed by atoms with Crippen molar-refractivity contribution in [2.45, 2.75) is 106 Å². The van der Waals surface area contributed by atoms with Crippen LogP contribution < -0.4 is 10.9 Å². The van der Waals surface area contributed by atoms with E-state index in [4.69, 9.17) is 4.98 Å². The fraction of sp³-hybridized carbons (Fsp3) is 0.242. The van der Waals surface area contributed by atoms with Crippen LogP contribution in [0.1, 0.15) is 114 Å².